The van der Waals surface area contributed by atoms with Crippen LogP contribution in [0.5, 0.6) is 5.75 Å². The molecule has 0 heterocycles. The molecule has 0 bridgehead atoms. The van der Waals surface area contributed by atoms with E-state index in [9.17, 15) is 9.59 Å². The highest BCUT2D eigenvalue weighted by Crippen LogP contribution is 2.11. The molecule has 20 heavy (non-hydrogen) atoms. The molecule has 0 aliphatic heterocycles. The van der Waals surface area contributed by atoms with Gasteiger partial charge in [-0.05, 0) is 30.7 Å². The van der Waals surface area contributed by atoms with Crippen LogP contribution in [0, 0.1) is 0 Å². The highest BCUT2D eigenvalue weighted by Gasteiger charge is 2.20. The minimum atomic E-state index is -1.12. The number of phenols is 1. The smallest absolute Gasteiger partial charge is 0.326 e. The van der Waals surface area contributed by atoms with E-state index in [4.69, 9.17) is 15.9 Å². The van der Waals surface area contributed by atoms with Crippen molar-refractivity contribution in [3.63, 3.8) is 0 Å². The molecular formula is C13H19N3O4. The number of nitrogens with one attached hydrogen (secondary N) is 2. The van der Waals surface area contributed by atoms with Gasteiger partial charge in [0.15, 0.2) is 0 Å². The summed E-state index contributed by atoms with van der Waals surface area (Å²) in [5.74, 6) is -1.01. The van der Waals surface area contributed by atoms with Crippen LogP contribution in [0.3, 0.4) is 0 Å². The Hall–Kier alpha value is -2.28. The molecule has 0 aliphatic rings. The summed E-state index contributed by atoms with van der Waals surface area (Å²) < 4.78 is 0. The maximum absolute atomic E-state index is 11.5. The van der Waals surface area contributed by atoms with E-state index in [2.05, 4.69) is 10.6 Å². The molecule has 0 saturated carbocycles. The van der Waals surface area contributed by atoms with E-state index >= 15 is 0 Å². The van der Waals surface area contributed by atoms with Crippen LogP contribution in [0.2, 0.25) is 0 Å². The molecule has 0 unspecified atom stereocenters. The third-order valence-electron chi connectivity index (χ3n) is 2.65. The van der Waals surface area contributed by atoms with Gasteiger partial charge in [0.25, 0.3) is 0 Å². The van der Waals surface area contributed by atoms with Crippen molar-refractivity contribution in [2.75, 3.05) is 13.1 Å². The third-order valence-corrected chi connectivity index (χ3v) is 2.65. The van der Waals surface area contributed by atoms with Gasteiger partial charge in [0, 0.05) is 13.0 Å². The summed E-state index contributed by atoms with van der Waals surface area (Å²) in [4.78, 5) is 22.6. The van der Waals surface area contributed by atoms with Crippen molar-refractivity contribution in [3.05, 3.63) is 29.8 Å². The monoisotopic (exact) mass is 281 g/mol. The first-order chi connectivity index (χ1) is 9.52. The first kappa shape index (κ1) is 15.8. The number of aromatic hydroxyl groups is 1. The summed E-state index contributed by atoms with van der Waals surface area (Å²) in [5.41, 5.74) is 6.00. The molecule has 1 rings (SSSR count). The number of hydrogen-bond donors (Lipinski definition) is 5. The molecule has 2 amide bonds. The number of carbonyl (C=O) groups is 2. The lowest BCUT2D eigenvalue weighted by Crippen LogP contribution is -2.47. The van der Waals surface area contributed by atoms with Crippen molar-refractivity contribution in [1.82, 2.24) is 10.6 Å². The highest BCUT2D eigenvalue weighted by molar-refractivity contribution is 5.82. The molecule has 1 aromatic carbocycles. The summed E-state index contributed by atoms with van der Waals surface area (Å²) in [7, 11) is 0. The van der Waals surface area contributed by atoms with Gasteiger partial charge < -0.3 is 26.6 Å². The van der Waals surface area contributed by atoms with Gasteiger partial charge in [-0.25, -0.2) is 9.59 Å². The number of carboxylic acid groups (broad SMARTS) is 1. The number of amides is 2. The maximum atomic E-state index is 11.5. The zero-order valence-corrected chi connectivity index (χ0v) is 11.0. The molecule has 1 atom stereocenters. The zero-order chi connectivity index (χ0) is 15.0. The summed E-state index contributed by atoms with van der Waals surface area (Å²) in [6, 6.07) is 4.59. The first-order valence-corrected chi connectivity index (χ1v) is 6.28. The van der Waals surface area contributed by atoms with Crippen molar-refractivity contribution in [1.29, 1.82) is 0 Å². The predicted molar refractivity (Wildman–Crippen MR) is 73.4 cm³/mol. The normalized spacial score (nSPS) is 11.7. The lowest BCUT2D eigenvalue weighted by atomic mass is 10.1. The second-order valence-corrected chi connectivity index (χ2v) is 4.30. The molecule has 0 fully saturated rings. The van der Waals surface area contributed by atoms with E-state index in [0.717, 1.165) is 0 Å². The number of aliphatic carboxylic acids is 1. The summed E-state index contributed by atoms with van der Waals surface area (Å²) in [6.07, 6.45) is 0.767. The number of benzene rings is 1. The molecule has 110 valence electrons. The fraction of sp³-hybridized carbons (Fsp3) is 0.385. The molecule has 0 saturated heterocycles. The molecule has 0 aromatic heterocycles. The number of rotatable bonds is 7. The molecule has 0 radical (unpaired) electrons. The molecule has 0 aliphatic carbocycles. The summed E-state index contributed by atoms with van der Waals surface area (Å²) >= 11 is 0. The number of hydrogen-bond acceptors (Lipinski definition) is 4. The Kier molecular flexibility index (Phi) is 6.31. The van der Waals surface area contributed by atoms with Gasteiger partial charge in [-0.1, -0.05) is 12.1 Å². The minimum absolute atomic E-state index is 0.105. The Balaban J connectivity index is 2.54. The van der Waals surface area contributed by atoms with Crippen molar-refractivity contribution < 1.29 is 19.8 Å². The van der Waals surface area contributed by atoms with Crippen LogP contribution in [0.15, 0.2) is 24.3 Å². The average molecular weight is 281 g/mol. The largest absolute Gasteiger partial charge is 0.508 e. The van der Waals surface area contributed by atoms with Crippen molar-refractivity contribution in [2.24, 2.45) is 5.73 Å². The predicted octanol–water partition coefficient (Wildman–Crippen LogP) is 0.0359. The first-order valence-electron chi connectivity index (χ1n) is 6.28. The van der Waals surface area contributed by atoms with Crippen LogP contribution in [0.1, 0.15) is 12.0 Å². The second-order valence-electron chi connectivity index (χ2n) is 4.30. The molecule has 7 heteroatoms. The van der Waals surface area contributed by atoms with Gasteiger partial charge in [-0.3, -0.25) is 0 Å². The van der Waals surface area contributed by atoms with Crippen LogP contribution in [-0.4, -0.2) is 41.3 Å². The fourth-order valence-corrected chi connectivity index (χ4v) is 1.58. The van der Waals surface area contributed by atoms with Crippen LogP contribution < -0.4 is 16.4 Å². The summed E-state index contributed by atoms with van der Waals surface area (Å²) in [5, 5.41) is 23.2. The molecule has 0 spiro atoms. The number of carbonyl (C=O) groups excluding carboxylic acids is 1. The van der Waals surface area contributed by atoms with Crippen LogP contribution in [0.4, 0.5) is 4.79 Å². The SMILES string of the molecule is NCCCNC(=O)N[C@H](Cc1ccc(O)cc1)C(=O)O. The van der Waals surface area contributed by atoms with Gasteiger partial charge in [-0.2, -0.15) is 0 Å². The van der Waals surface area contributed by atoms with E-state index in [-0.39, 0.29) is 12.2 Å². The van der Waals surface area contributed by atoms with E-state index in [1.165, 1.54) is 12.1 Å². The Morgan fingerprint density at radius 2 is 1.90 bits per heavy atom. The van der Waals surface area contributed by atoms with Gasteiger partial charge in [-0.15, -0.1) is 0 Å². The fourth-order valence-electron chi connectivity index (χ4n) is 1.58. The lowest BCUT2D eigenvalue weighted by Gasteiger charge is -2.15. The van der Waals surface area contributed by atoms with E-state index < -0.39 is 18.0 Å². The van der Waals surface area contributed by atoms with Crippen molar-refractivity contribution in [3.8, 4) is 5.75 Å². The Labute approximate surface area is 116 Å². The van der Waals surface area contributed by atoms with Gasteiger partial charge in [0.2, 0.25) is 0 Å². The van der Waals surface area contributed by atoms with Crippen LogP contribution in [-0.2, 0) is 11.2 Å². The number of carboxylic acids is 1. The lowest BCUT2D eigenvalue weighted by molar-refractivity contribution is -0.139. The van der Waals surface area contributed by atoms with E-state index in [1.54, 1.807) is 12.1 Å². The van der Waals surface area contributed by atoms with Crippen molar-refractivity contribution in [2.45, 2.75) is 18.9 Å². The minimum Gasteiger partial charge on any atom is -0.508 e. The number of phenolic OH excluding ortho intramolecular Hbond substituents is 1. The highest BCUT2D eigenvalue weighted by atomic mass is 16.4. The van der Waals surface area contributed by atoms with Gasteiger partial charge in [0.05, 0.1) is 0 Å². The van der Waals surface area contributed by atoms with Crippen LogP contribution >= 0.6 is 0 Å². The topological polar surface area (TPSA) is 125 Å². The van der Waals surface area contributed by atoms with Gasteiger partial charge in [0.1, 0.15) is 11.8 Å². The van der Waals surface area contributed by atoms with Gasteiger partial charge >= 0.3 is 12.0 Å². The Morgan fingerprint density at radius 3 is 2.45 bits per heavy atom. The maximum Gasteiger partial charge on any atom is 0.326 e. The Morgan fingerprint density at radius 1 is 1.25 bits per heavy atom. The number of nitrogens with two attached hydrogens (primary N) is 1. The molecule has 6 N–H and O–H groups in total. The molecular weight excluding hydrogens is 262 g/mol. The number of urea groups is 1. The van der Waals surface area contributed by atoms with Crippen molar-refractivity contribution >= 4 is 12.0 Å². The molecule has 1 aromatic rings. The van der Waals surface area contributed by atoms with E-state index in [1.807, 2.05) is 0 Å². The zero-order valence-electron chi connectivity index (χ0n) is 11.0. The average Bonchev–Trinajstić information content (AvgIpc) is 2.40. The molecule has 7 nitrogen and oxygen atoms in total. The Bertz CT molecular complexity index is 447. The summed E-state index contributed by atoms with van der Waals surface area (Å²) in [6.45, 7) is 0.851. The van der Waals surface area contributed by atoms with Crippen LogP contribution in [0.25, 0.3) is 0 Å². The van der Waals surface area contributed by atoms with E-state index in [0.29, 0.717) is 25.1 Å². The third kappa shape index (κ3) is 5.57. The second kappa shape index (κ2) is 8.00. The standard InChI is InChI=1S/C13H19N3O4/c14-6-1-7-15-13(20)16-11(12(18)19)8-9-2-4-10(17)5-3-9/h2-5,11,17H,1,6-8,14H2,(H,18,19)(H2,15,16,20)/t11-/m1/s1. The quantitative estimate of drug-likeness (QED) is 0.451.